The molecule has 0 bridgehead atoms. The number of nitrogens with two attached hydrogens (primary N) is 1. The predicted octanol–water partition coefficient (Wildman–Crippen LogP) is -0.109. The highest BCUT2D eigenvalue weighted by Gasteiger charge is 2.22. The number of esters is 1. The lowest BCUT2D eigenvalue weighted by Gasteiger charge is -2.05. The second-order valence-electron chi connectivity index (χ2n) is 3.41. The van der Waals surface area contributed by atoms with Gasteiger partial charge in [0, 0.05) is 6.07 Å². The SMILES string of the molecule is N=C(N)NCC(=O)Oc1ccc([N+](=O)[O-])cc1[N+](=O)[O-]. The third-order valence-corrected chi connectivity index (χ3v) is 2.00. The molecule has 0 heterocycles. The molecule has 0 aliphatic heterocycles. The number of nitro benzene ring substituents is 2. The molecule has 106 valence electrons. The lowest BCUT2D eigenvalue weighted by molar-refractivity contribution is -0.394. The Morgan fingerprint density at radius 1 is 1.35 bits per heavy atom. The van der Waals surface area contributed by atoms with E-state index < -0.39 is 45.4 Å². The molecule has 0 unspecified atom stereocenters. The molecule has 20 heavy (non-hydrogen) atoms. The van der Waals surface area contributed by atoms with E-state index in [2.05, 4.69) is 10.1 Å². The van der Waals surface area contributed by atoms with Gasteiger partial charge in [-0.05, 0) is 6.07 Å². The Labute approximate surface area is 111 Å². The average molecular weight is 283 g/mol. The van der Waals surface area contributed by atoms with Gasteiger partial charge in [0.2, 0.25) is 5.75 Å². The van der Waals surface area contributed by atoms with Crippen LogP contribution < -0.4 is 15.8 Å². The molecule has 1 aromatic rings. The minimum absolute atomic E-state index is 0.434. The Morgan fingerprint density at radius 2 is 2.00 bits per heavy atom. The number of rotatable bonds is 5. The number of hydrogen-bond donors (Lipinski definition) is 3. The van der Waals surface area contributed by atoms with E-state index in [9.17, 15) is 25.0 Å². The van der Waals surface area contributed by atoms with Gasteiger partial charge in [-0.25, -0.2) is 4.79 Å². The highest BCUT2D eigenvalue weighted by Crippen LogP contribution is 2.30. The first-order valence-corrected chi connectivity index (χ1v) is 5.02. The molecule has 1 rings (SSSR count). The van der Waals surface area contributed by atoms with E-state index in [-0.39, 0.29) is 0 Å². The van der Waals surface area contributed by atoms with Crippen molar-refractivity contribution in [1.82, 2.24) is 5.32 Å². The molecule has 0 saturated heterocycles. The van der Waals surface area contributed by atoms with Gasteiger partial charge < -0.3 is 15.8 Å². The summed E-state index contributed by atoms with van der Waals surface area (Å²) in [5, 5.41) is 30.3. The zero-order valence-electron chi connectivity index (χ0n) is 9.86. The molecule has 0 fully saturated rings. The number of carbonyl (C=O) groups is 1. The fourth-order valence-electron chi connectivity index (χ4n) is 1.17. The molecule has 0 aliphatic carbocycles. The fourth-order valence-corrected chi connectivity index (χ4v) is 1.17. The fraction of sp³-hybridized carbons (Fsp3) is 0.111. The Morgan fingerprint density at radius 3 is 2.50 bits per heavy atom. The molecule has 0 radical (unpaired) electrons. The van der Waals surface area contributed by atoms with E-state index in [1.165, 1.54) is 0 Å². The van der Waals surface area contributed by atoms with E-state index in [1.54, 1.807) is 0 Å². The maximum atomic E-state index is 11.3. The van der Waals surface area contributed by atoms with Crippen LogP contribution >= 0.6 is 0 Å². The molecule has 11 heteroatoms. The van der Waals surface area contributed by atoms with Crippen LogP contribution in [0, 0.1) is 25.6 Å². The summed E-state index contributed by atoms with van der Waals surface area (Å²) in [6, 6.07) is 2.59. The summed E-state index contributed by atoms with van der Waals surface area (Å²) >= 11 is 0. The number of ether oxygens (including phenoxy) is 1. The molecule has 11 nitrogen and oxygen atoms in total. The number of benzene rings is 1. The van der Waals surface area contributed by atoms with Crippen LogP contribution in [0.15, 0.2) is 18.2 Å². The van der Waals surface area contributed by atoms with E-state index >= 15 is 0 Å². The van der Waals surface area contributed by atoms with Crippen LogP contribution in [0.5, 0.6) is 5.75 Å². The molecular weight excluding hydrogens is 274 g/mol. The van der Waals surface area contributed by atoms with Crippen molar-refractivity contribution in [3.63, 3.8) is 0 Å². The third kappa shape index (κ3) is 3.90. The molecular formula is C9H9N5O6. The Bertz CT molecular complexity index is 586. The van der Waals surface area contributed by atoms with Crippen LogP contribution in [0.3, 0.4) is 0 Å². The lowest BCUT2D eigenvalue weighted by Crippen LogP contribution is -2.36. The number of non-ortho nitro benzene ring substituents is 1. The number of nitro groups is 2. The number of nitrogens with zero attached hydrogens (tertiary/aromatic N) is 2. The number of carbonyl (C=O) groups excluding carboxylic acids is 1. The zero-order valence-corrected chi connectivity index (χ0v) is 9.86. The van der Waals surface area contributed by atoms with Gasteiger partial charge in [-0.2, -0.15) is 0 Å². The Kier molecular flexibility index (Phi) is 4.51. The van der Waals surface area contributed by atoms with Gasteiger partial charge >= 0.3 is 11.7 Å². The van der Waals surface area contributed by atoms with Gasteiger partial charge in [-0.15, -0.1) is 0 Å². The maximum absolute atomic E-state index is 11.3. The van der Waals surface area contributed by atoms with E-state index in [1.807, 2.05) is 0 Å². The summed E-state index contributed by atoms with van der Waals surface area (Å²) in [4.78, 5) is 30.9. The lowest BCUT2D eigenvalue weighted by atomic mass is 10.2. The number of hydrogen-bond acceptors (Lipinski definition) is 7. The highest BCUT2D eigenvalue weighted by atomic mass is 16.6. The standard InChI is InChI=1S/C9H9N5O6/c10-9(11)12-4-8(15)20-7-2-1-5(13(16)17)3-6(7)14(18)19/h1-3H,4H2,(H4,10,11,12). The largest absolute Gasteiger partial charge is 0.418 e. The number of nitrogens with one attached hydrogen (secondary N) is 2. The van der Waals surface area contributed by atoms with Gasteiger partial charge in [0.05, 0.1) is 15.9 Å². The van der Waals surface area contributed by atoms with Crippen LogP contribution in [0.1, 0.15) is 0 Å². The van der Waals surface area contributed by atoms with Crippen molar-refractivity contribution in [2.24, 2.45) is 5.73 Å². The average Bonchev–Trinajstić information content (AvgIpc) is 2.36. The van der Waals surface area contributed by atoms with Gasteiger partial charge in [0.25, 0.3) is 5.69 Å². The van der Waals surface area contributed by atoms with Gasteiger partial charge in [0.15, 0.2) is 5.96 Å². The summed E-state index contributed by atoms with van der Waals surface area (Å²) in [5.74, 6) is -1.84. The normalized spacial score (nSPS) is 9.60. The minimum Gasteiger partial charge on any atom is -0.418 e. The van der Waals surface area contributed by atoms with E-state index in [4.69, 9.17) is 11.1 Å². The maximum Gasteiger partial charge on any atom is 0.331 e. The van der Waals surface area contributed by atoms with Crippen molar-refractivity contribution >= 4 is 23.3 Å². The minimum atomic E-state index is -0.933. The van der Waals surface area contributed by atoms with Crippen molar-refractivity contribution in [1.29, 1.82) is 5.41 Å². The number of guanidine groups is 1. The van der Waals surface area contributed by atoms with Crippen molar-refractivity contribution in [3.8, 4) is 5.75 Å². The highest BCUT2D eigenvalue weighted by molar-refractivity contribution is 5.82. The Balaban J connectivity index is 2.94. The predicted molar refractivity (Wildman–Crippen MR) is 65.3 cm³/mol. The van der Waals surface area contributed by atoms with E-state index in [0.29, 0.717) is 6.07 Å². The first-order chi connectivity index (χ1) is 9.31. The molecule has 0 aromatic heterocycles. The third-order valence-electron chi connectivity index (χ3n) is 2.00. The molecule has 0 atom stereocenters. The summed E-state index contributed by atoms with van der Waals surface area (Å²) in [6.07, 6.45) is 0. The molecule has 0 spiro atoms. The second kappa shape index (κ2) is 6.08. The van der Waals surface area contributed by atoms with Crippen molar-refractivity contribution in [3.05, 3.63) is 38.4 Å². The van der Waals surface area contributed by atoms with Gasteiger partial charge in [0.1, 0.15) is 6.54 Å². The Hall–Kier alpha value is -3.24. The molecule has 4 N–H and O–H groups in total. The molecule has 0 aliphatic rings. The smallest absolute Gasteiger partial charge is 0.331 e. The van der Waals surface area contributed by atoms with Gasteiger partial charge in [-0.1, -0.05) is 0 Å². The topological polar surface area (TPSA) is 174 Å². The molecule has 0 amide bonds. The van der Waals surface area contributed by atoms with Crippen LogP contribution in [0.2, 0.25) is 0 Å². The zero-order chi connectivity index (χ0) is 15.3. The summed E-state index contributed by atoms with van der Waals surface area (Å²) < 4.78 is 4.67. The van der Waals surface area contributed by atoms with E-state index in [0.717, 1.165) is 12.1 Å². The second-order valence-corrected chi connectivity index (χ2v) is 3.41. The summed E-state index contributed by atoms with van der Waals surface area (Å²) in [6.45, 7) is -0.469. The summed E-state index contributed by atoms with van der Waals surface area (Å²) in [7, 11) is 0. The monoisotopic (exact) mass is 283 g/mol. The van der Waals surface area contributed by atoms with Crippen LogP contribution in [0.25, 0.3) is 0 Å². The molecule has 0 saturated carbocycles. The van der Waals surface area contributed by atoms with Crippen molar-refractivity contribution in [2.75, 3.05) is 6.54 Å². The van der Waals surface area contributed by atoms with Gasteiger partial charge in [-0.3, -0.25) is 25.6 Å². The first kappa shape index (κ1) is 14.8. The van der Waals surface area contributed by atoms with Crippen molar-refractivity contribution < 1.29 is 19.4 Å². The van der Waals surface area contributed by atoms with Crippen LogP contribution in [-0.2, 0) is 4.79 Å². The first-order valence-electron chi connectivity index (χ1n) is 5.02. The van der Waals surface area contributed by atoms with Crippen LogP contribution in [-0.4, -0.2) is 28.3 Å². The van der Waals surface area contributed by atoms with Crippen LogP contribution in [0.4, 0.5) is 11.4 Å². The molecule has 1 aromatic carbocycles. The quantitative estimate of drug-likeness (QED) is 0.167. The summed E-state index contributed by atoms with van der Waals surface area (Å²) in [5.41, 5.74) is 3.73. The van der Waals surface area contributed by atoms with Crippen molar-refractivity contribution in [2.45, 2.75) is 0 Å².